The van der Waals surface area contributed by atoms with Gasteiger partial charge in [0.05, 0.1) is 5.60 Å². The lowest BCUT2D eigenvalue weighted by Gasteiger charge is -2.25. The molecule has 106 valence electrons. The van der Waals surface area contributed by atoms with Crippen LogP contribution in [0.15, 0.2) is 40.9 Å². The topological polar surface area (TPSA) is 20.2 Å². The van der Waals surface area contributed by atoms with E-state index in [0.29, 0.717) is 27.1 Å². The van der Waals surface area contributed by atoms with E-state index in [1.165, 1.54) is 0 Å². The van der Waals surface area contributed by atoms with Gasteiger partial charge in [0.2, 0.25) is 0 Å². The molecule has 0 saturated heterocycles. The second-order valence-corrected chi connectivity index (χ2v) is 6.98. The molecule has 1 atom stereocenters. The van der Waals surface area contributed by atoms with E-state index in [0.717, 1.165) is 10.0 Å². The number of halogens is 4. The summed E-state index contributed by atoms with van der Waals surface area (Å²) in [5.74, 6) is 0. The first-order chi connectivity index (χ1) is 9.29. The minimum absolute atomic E-state index is 0.352. The first-order valence-electron chi connectivity index (χ1n) is 5.91. The van der Waals surface area contributed by atoms with E-state index >= 15 is 0 Å². The zero-order chi connectivity index (χ0) is 14.9. The number of rotatable bonds is 3. The van der Waals surface area contributed by atoms with Crippen LogP contribution in [-0.2, 0) is 12.0 Å². The molecule has 0 fully saturated rings. The van der Waals surface area contributed by atoms with Gasteiger partial charge in [0.1, 0.15) is 0 Å². The van der Waals surface area contributed by atoms with E-state index < -0.39 is 5.60 Å². The highest BCUT2D eigenvalue weighted by Gasteiger charge is 2.27. The molecule has 0 heterocycles. The fraction of sp³-hybridized carbons (Fsp3) is 0.200. The van der Waals surface area contributed by atoms with Crippen molar-refractivity contribution < 1.29 is 5.11 Å². The first kappa shape index (κ1) is 16.1. The highest BCUT2D eigenvalue weighted by Crippen LogP contribution is 2.34. The van der Waals surface area contributed by atoms with Gasteiger partial charge in [-0.25, -0.2) is 0 Å². The number of benzene rings is 2. The van der Waals surface area contributed by atoms with Crippen LogP contribution in [0.5, 0.6) is 0 Å². The zero-order valence-corrected chi connectivity index (χ0v) is 14.5. The van der Waals surface area contributed by atoms with Crippen molar-refractivity contribution in [2.24, 2.45) is 0 Å². The predicted octanol–water partition coefficient (Wildman–Crippen LogP) is 5.86. The fourth-order valence-electron chi connectivity index (χ4n) is 2.06. The van der Waals surface area contributed by atoms with Crippen LogP contribution in [0.1, 0.15) is 18.1 Å². The van der Waals surface area contributed by atoms with E-state index in [9.17, 15) is 5.11 Å². The Morgan fingerprint density at radius 1 is 1.05 bits per heavy atom. The molecule has 0 spiro atoms. The van der Waals surface area contributed by atoms with Gasteiger partial charge in [0.15, 0.2) is 0 Å². The molecule has 20 heavy (non-hydrogen) atoms. The average Bonchev–Trinajstić information content (AvgIpc) is 2.32. The molecule has 5 heteroatoms. The average molecular weight is 395 g/mol. The Bertz CT molecular complexity index is 641. The third kappa shape index (κ3) is 3.69. The molecule has 0 aliphatic carbocycles. The maximum Gasteiger partial charge on any atom is 0.0923 e. The second-order valence-electron chi connectivity index (χ2n) is 4.81. The minimum atomic E-state index is -1.12. The van der Waals surface area contributed by atoms with Crippen LogP contribution >= 0.6 is 50.7 Å². The fourth-order valence-corrected chi connectivity index (χ4v) is 3.41. The lowest BCUT2D eigenvalue weighted by molar-refractivity contribution is 0.0577. The zero-order valence-electron chi connectivity index (χ0n) is 10.6. The normalized spacial score (nSPS) is 14.1. The molecular weight excluding hydrogens is 382 g/mol. The van der Waals surface area contributed by atoms with E-state index in [1.54, 1.807) is 31.2 Å². The van der Waals surface area contributed by atoms with Gasteiger partial charge in [-0.2, -0.15) is 0 Å². The van der Waals surface area contributed by atoms with E-state index in [2.05, 4.69) is 15.9 Å². The van der Waals surface area contributed by atoms with Crippen molar-refractivity contribution in [3.63, 3.8) is 0 Å². The maximum atomic E-state index is 10.7. The van der Waals surface area contributed by atoms with E-state index in [-0.39, 0.29) is 0 Å². The molecule has 0 aliphatic rings. The molecule has 0 aliphatic heterocycles. The van der Waals surface area contributed by atoms with Crippen LogP contribution in [-0.4, -0.2) is 5.11 Å². The molecule has 1 N–H and O–H groups in total. The second kappa shape index (κ2) is 6.25. The van der Waals surface area contributed by atoms with Crippen molar-refractivity contribution in [3.8, 4) is 0 Å². The monoisotopic (exact) mass is 392 g/mol. The smallest absolute Gasteiger partial charge is 0.0923 e. The molecule has 0 amide bonds. The van der Waals surface area contributed by atoms with Crippen molar-refractivity contribution in [1.29, 1.82) is 0 Å². The quantitative estimate of drug-likeness (QED) is 0.691. The van der Waals surface area contributed by atoms with E-state index in [4.69, 9.17) is 34.8 Å². The molecule has 2 aromatic carbocycles. The molecule has 2 aromatic rings. The van der Waals surface area contributed by atoms with Gasteiger partial charge < -0.3 is 5.11 Å². The van der Waals surface area contributed by atoms with Crippen molar-refractivity contribution in [2.45, 2.75) is 18.9 Å². The van der Waals surface area contributed by atoms with Crippen molar-refractivity contribution in [1.82, 2.24) is 0 Å². The summed E-state index contributed by atoms with van der Waals surface area (Å²) in [5, 5.41) is 12.3. The summed E-state index contributed by atoms with van der Waals surface area (Å²) in [7, 11) is 0. The minimum Gasteiger partial charge on any atom is -0.385 e. The van der Waals surface area contributed by atoms with Crippen LogP contribution in [0.25, 0.3) is 0 Å². The van der Waals surface area contributed by atoms with Crippen LogP contribution in [0.3, 0.4) is 0 Å². The SMILES string of the molecule is CC(O)(Cc1ccc(Cl)cc1Cl)c1ccc(Br)cc1Cl. The summed E-state index contributed by atoms with van der Waals surface area (Å²) in [6.07, 6.45) is 0.352. The summed E-state index contributed by atoms with van der Waals surface area (Å²) in [6, 6.07) is 10.6. The summed E-state index contributed by atoms with van der Waals surface area (Å²) in [5.41, 5.74) is 0.364. The van der Waals surface area contributed by atoms with Crippen molar-refractivity contribution >= 4 is 50.7 Å². The summed E-state index contributed by atoms with van der Waals surface area (Å²) >= 11 is 21.6. The molecule has 2 rings (SSSR count). The van der Waals surface area contributed by atoms with Crippen molar-refractivity contribution in [3.05, 3.63) is 67.1 Å². The van der Waals surface area contributed by atoms with E-state index in [1.807, 2.05) is 12.1 Å². The van der Waals surface area contributed by atoms with Crippen LogP contribution in [0.4, 0.5) is 0 Å². The van der Waals surface area contributed by atoms with Crippen LogP contribution in [0.2, 0.25) is 15.1 Å². The van der Waals surface area contributed by atoms with Crippen LogP contribution in [0, 0.1) is 0 Å². The summed E-state index contributed by atoms with van der Waals surface area (Å²) in [6.45, 7) is 1.72. The highest BCUT2D eigenvalue weighted by molar-refractivity contribution is 9.10. The van der Waals surface area contributed by atoms with Gasteiger partial charge in [-0.3, -0.25) is 0 Å². The molecule has 0 radical (unpaired) electrons. The molecule has 0 bridgehead atoms. The maximum absolute atomic E-state index is 10.7. The Labute approximate surface area is 141 Å². The van der Waals surface area contributed by atoms with Gasteiger partial charge in [0.25, 0.3) is 0 Å². The Kier molecular flexibility index (Phi) is 5.04. The molecule has 0 saturated carbocycles. The molecule has 1 unspecified atom stereocenters. The van der Waals surface area contributed by atoms with Gasteiger partial charge in [0, 0.05) is 31.5 Å². The van der Waals surface area contributed by atoms with Gasteiger partial charge >= 0.3 is 0 Å². The molecular formula is C15H12BrCl3O. The first-order valence-corrected chi connectivity index (χ1v) is 7.84. The number of hydrogen-bond donors (Lipinski definition) is 1. The number of hydrogen-bond acceptors (Lipinski definition) is 1. The third-order valence-corrected chi connectivity index (χ3v) is 4.45. The van der Waals surface area contributed by atoms with Crippen molar-refractivity contribution in [2.75, 3.05) is 0 Å². The number of aliphatic hydroxyl groups is 1. The highest BCUT2D eigenvalue weighted by atomic mass is 79.9. The standard InChI is InChI=1S/C15H12BrCl3O/c1-15(20,12-5-3-10(16)6-14(12)19)8-9-2-4-11(17)7-13(9)18/h2-7,20H,8H2,1H3. The Morgan fingerprint density at radius 3 is 2.35 bits per heavy atom. The van der Waals surface area contributed by atoms with Crippen LogP contribution < -0.4 is 0 Å². The molecule has 0 aromatic heterocycles. The Morgan fingerprint density at radius 2 is 1.75 bits per heavy atom. The van der Waals surface area contributed by atoms with Gasteiger partial charge in [-0.15, -0.1) is 0 Å². The largest absolute Gasteiger partial charge is 0.385 e. The van der Waals surface area contributed by atoms with Gasteiger partial charge in [-0.1, -0.05) is 62.9 Å². The lowest BCUT2D eigenvalue weighted by Crippen LogP contribution is -2.25. The summed E-state index contributed by atoms with van der Waals surface area (Å²) in [4.78, 5) is 0. The lowest BCUT2D eigenvalue weighted by atomic mass is 9.89. The third-order valence-electron chi connectivity index (χ3n) is 3.06. The Hall–Kier alpha value is -0.250. The molecule has 1 nitrogen and oxygen atoms in total. The Balaban J connectivity index is 2.35. The summed E-state index contributed by atoms with van der Waals surface area (Å²) < 4.78 is 0.867. The van der Waals surface area contributed by atoms with Gasteiger partial charge in [-0.05, 0) is 36.8 Å². The predicted molar refractivity (Wildman–Crippen MR) is 88.9 cm³/mol.